The van der Waals surface area contributed by atoms with Crippen LogP contribution in [0.5, 0.6) is 0 Å². The van der Waals surface area contributed by atoms with Crippen molar-refractivity contribution >= 4 is 11.9 Å². The third-order valence-corrected chi connectivity index (χ3v) is 8.06. The zero-order valence-electron chi connectivity index (χ0n) is 29.9. The summed E-state index contributed by atoms with van der Waals surface area (Å²) in [6.45, 7) is 7.23. The number of allylic oxidation sites excluding steroid dienone is 4. The molecule has 0 saturated heterocycles. The SMILES string of the molecule is CCCCCCCC/C=C\CCCCCCCC(=O)O.CCCCCCCC/C=C\CCCCCCCC(=O)OCCCC. The summed E-state index contributed by atoms with van der Waals surface area (Å²) < 4.78 is 5.15. The molecule has 0 aliphatic heterocycles. The van der Waals surface area contributed by atoms with Crippen LogP contribution in [0.3, 0.4) is 0 Å². The minimum absolute atomic E-state index is 0.0129. The number of ether oxygens (including phenoxy) is 1. The van der Waals surface area contributed by atoms with Crippen molar-refractivity contribution in [1.29, 1.82) is 0 Å². The number of rotatable bonds is 33. The topological polar surface area (TPSA) is 63.6 Å². The maximum absolute atomic E-state index is 11.4. The molecular formula is C40H76O4. The van der Waals surface area contributed by atoms with Crippen LogP contribution in [0.4, 0.5) is 0 Å². The van der Waals surface area contributed by atoms with Crippen molar-refractivity contribution in [2.45, 2.75) is 213 Å². The van der Waals surface area contributed by atoms with Crippen molar-refractivity contribution in [2.75, 3.05) is 6.61 Å². The Balaban J connectivity index is 0. The number of carboxylic acid groups (broad SMARTS) is 1. The van der Waals surface area contributed by atoms with Crippen molar-refractivity contribution in [3.8, 4) is 0 Å². The zero-order valence-corrected chi connectivity index (χ0v) is 29.9. The normalized spacial score (nSPS) is 11.2. The fourth-order valence-corrected chi connectivity index (χ4v) is 5.09. The van der Waals surface area contributed by atoms with Crippen LogP contribution in [0.2, 0.25) is 0 Å². The summed E-state index contributed by atoms with van der Waals surface area (Å²) >= 11 is 0. The molecule has 0 saturated carbocycles. The number of hydrogen-bond acceptors (Lipinski definition) is 3. The van der Waals surface area contributed by atoms with Crippen LogP contribution in [0, 0.1) is 0 Å². The second-order valence-corrected chi connectivity index (χ2v) is 12.6. The highest BCUT2D eigenvalue weighted by atomic mass is 16.5. The number of esters is 1. The van der Waals surface area contributed by atoms with Gasteiger partial charge in [0.05, 0.1) is 6.61 Å². The quantitative estimate of drug-likeness (QED) is 0.0450. The summed E-state index contributed by atoms with van der Waals surface area (Å²) in [5.41, 5.74) is 0. The molecule has 4 nitrogen and oxygen atoms in total. The lowest BCUT2D eigenvalue weighted by molar-refractivity contribution is -0.144. The molecule has 0 aromatic rings. The van der Waals surface area contributed by atoms with Crippen LogP contribution in [0.1, 0.15) is 213 Å². The average Bonchev–Trinajstić information content (AvgIpc) is 3.01. The molecule has 1 N–H and O–H groups in total. The third kappa shape index (κ3) is 44.9. The van der Waals surface area contributed by atoms with Crippen LogP contribution in [-0.2, 0) is 14.3 Å². The Morgan fingerprint density at radius 1 is 0.432 bits per heavy atom. The van der Waals surface area contributed by atoms with E-state index in [4.69, 9.17) is 9.84 Å². The largest absolute Gasteiger partial charge is 0.481 e. The lowest BCUT2D eigenvalue weighted by atomic mass is 10.1. The monoisotopic (exact) mass is 621 g/mol. The molecule has 0 aromatic heterocycles. The number of carboxylic acids is 1. The predicted octanol–water partition coefficient (Wildman–Crippen LogP) is 13.5. The van der Waals surface area contributed by atoms with E-state index in [0.29, 0.717) is 19.4 Å². The first kappa shape index (κ1) is 44.5. The van der Waals surface area contributed by atoms with Gasteiger partial charge in [-0.3, -0.25) is 9.59 Å². The highest BCUT2D eigenvalue weighted by Gasteiger charge is 2.01. The Kier molecular flexibility index (Phi) is 41.9. The van der Waals surface area contributed by atoms with E-state index < -0.39 is 5.97 Å². The van der Waals surface area contributed by atoms with Crippen LogP contribution in [0.15, 0.2) is 24.3 Å². The number of aliphatic carboxylic acids is 1. The molecule has 0 heterocycles. The van der Waals surface area contributed by atoms with Gasteiger partial charge in [-0.1, -0.05) is 154 Å². The molecule has 0 aliphatic carbocycles. The van der Waals surface area contributed by atoms with E-state index in [9.17, 15) is 9.59 Å². The molecule has 0 radical (unpaired) electrons. The Morgan fingerprint density at radius 3 is 1.11 bits per heavy atom. The Labute approximate surface area is 275 Å². The van der Waals surface area contributed by atoms with Gasteiger partial charge in [0.25, 0.3) is 0 Å². The minimum Gasteiger partial charge on any atom is -0.481 e. The van der Waals surface area contributed by atoms with Gasteiger partial charge in [0, 0.05) is 12.8 Å². The third-order valence-electron chi connectivity index (χ3n) is 8.06. The lowest BCUT2D eigenvalue weighted by Crippen LogP contribution is -2.05. The van der Waals surface area contributed by atoms with Crippen LogP contribution < -0.4 is 0 Å². The molecule has 0 unspecified atom stereocenters. The molecule has 0 fully saturated rings. The molecule has 0 amide bonds. The average molecular weight is 621 g/mol. The maximum Gasteiger partial charge on any atom is 0.305 e. The molecule has 4 heteroatoms. The van der Waals surface area contributed by atoms with Crippen LogP contribution in [-0.4, -0.2) is 23.7 Å². The van der Waals surface area contributed by atoms with Crippen molar-refractivity contribution in [3.05, 3.63) is 24.3 Å². The van der Waals surface area contributed by atoms with Gasteiger partial charge in [0.2, 0.25) is 0 Å². The molecule has 0 bridgehead atoms. The van der Waals surface area contributed by atoms with Gasteiger partial charge in [0.1, 0.15) is 0 Å². The minimum atomic E-state index is -0.664. The van der Waals surface area contributed by atoms with Crippen molar-refractivity contribution in [2.24, 2.45) is 0 Å². The molecule has 0 spiro atoms. The molecule has 44 heavy (non-hydrogen) atoms. The molecule has 0 aliphatic rings. The zero-order chi connectivity index (χ0) is 32.6. The van der Waals surface area contributed by atoms with Gasteiger partial charge in [-0.15, -0.1) is 0 Å². The molecule has 0 rings (SSSR count). The fraction of sp³-hybridized carbons (Fsp3) is 0.850. The Hall–Kier alpha value is -1.58. The summed E-state index contributed by atoms with van der Waals surface area (Å²) in [5.74, 6) is -0.677. The Morgan fingerprint density at radius 2 is 0.750 bits per heavy atom. The summed E-state index contributed by atoms with van der Waals surface area (Å²) in [4.78, 5) is 21.7. The number of carbonyl (C=O) groups excluding carboxylic acids is 1. The Bertz CT molecular complexity index is 625. The second-order valence-electron chi connectivity index (χ2n) is 12.6. The van der Waals surface area contributed by atoms with Gasteiger partial charge in [-0.2, -0.15) is 0 Å². The summed E-state index contributed by atoms with van der Waals surface area (Å²) in [5, 5.41) is 8.51. The van der Waals surface area contributed by atoms with Crippen molar-refractivity contribution in [3.63, 3.8) is 0 Å². The summed E-state index contributed by atoms with van der Waals surface area (Å²) in [7, 11) is 0. The first-order valence-corrected chi connectivity index (χ1v) is 19.3. The molecule has 0 atom stereocenters. The number of unbranched alkanes of at least 4 members (excludes halogenated alkanes) is 23. The maximum atomic E-state index is 11.4. The first-order valence-electron chi connectivity index (χ1n) is 19.3. The number of hydrogen-bond donors (Lipinski definition) is 1. The standard InChI is InChI=1S/C22H42O2.C18H34O2/c1-3-5-7-8-9-10-11-12-13-14-15-16-17-18-19-20-22(23)24-21-6-4-2;1-2-3-4-5-6-7-8-9-10-11-12-13-14-15-16-17-18(19)20/h12-13H,3-11,14-21H2,1-2H3;9-10H,2-8,11-17H2,1H3,(H,19,20)/b13-12-;10-9-. The first-order chi connectivity index (χ1) is 21.6. The predicted molar refractivity (Wildman–Crippen MR) is 192 cm³/mol. The van der Waals surface area contributed by atoms with E-state index in [1.807, 2.05) is 0 Å². The van der Waals surface area contributed by atoms with Gasteiger partial charge in [-0.05, 0) is 70.6 Å². The molecule has 0 aromatic carbocycles. The lowest BCUT2D eigenvalue weighted by Gasteiger charge is -2.03. The molecule has 260 valence electrons. The molecular weight excluding hydrogens is 544 g/mol. The van der Waals surface area contributed by atoms with Crippen molar-refractivity contribution in [1.82, 2.24) is 0 Å². The van der Waals surface area contributed by atoms with E-state index in [0.717, 1.165) is 38.5 Å². The van der Waals surface area contributed by atoms with Crippen molar-refractivity contribution < 1.29 is 19.4 Å². The van der Waals surface area contributed by atoms with Gasteiger partial charge >= 0.3 is 11.9 Å². The van der Waals surface area contributed by atoms with E-state index in [1.54, 1.807) is 0 Å². The van der Waals surface area contributed by atoms with E-state index in [2.05, 4.69) is 45.1 Å². The van der Waals surface area contributed by atoms with E-state index >= 15 is 0 Å². The van der Waals surface area contributed by atoms with Gasteiger partial charge in [0.15, 0.2) is 0 Å². The van der Waals surface area contributed by atoms with Gasteiger partial charge < -0.3 is 9.84 Å². The highest BCUT2D eigenvalue weighted by molar-refractivity contribution is 5.69. The smallest absolute Gasteiger partial charge is 0.305 e. The second kappa shape index (κ2) is 41.4. The van der Waals surface area contributed by atoms with E-state index in [-0.39, 0.29) is 5.97 Å². The van der Waals surface area contributed by atoms with Crippen LogP contribution >= 0.6 is 0 Å². The van der Waals surface area contributed by atoms with Gasteiger partial charge in [-0.25, -0.2) is 0 Å². The van der Waals surface area contributed by atoms with Crippen LogP contribution in [0.25, 0.3) is 0 Å². The summed E-state index contributed by atoms with van der Waals surface area (Å²) in [6, 6.07) is 0. The number of carbonyl (C=O) groups is 2. The fourth-order valence-electron chi connectivity index (χ4n) is 5.09. The highest BCUT2D eigenvalue weighted by Crippen LogP contribution is 2.11. The summed E-state index contributed by atoms with van der Waals surface area (Å²) in [6.07, 6.45) is 45.4. The van der Waals surface area contributed by atoms with E-state index in [1.165, 1.54) is 141 Å².